The molecule has 0 amide bonds. The first kappa shape index (κ1) is 15.3. The largest absolute Gasteiger partial charge is 0.478 e. The molecule has 2 aromatic rings. The third-order valence-electron chi connectivity index (χ3n) is 2.79. The number of carboxylic acids is 1. The summed E-state index contributed by atoms with van der Waals surface area (Å²) in [6.45, 7) is 2.03. The van der Waals surface area contributed by atoms with Gasteiger partial charge in [-0.05, 0) is 48.4 Å². The number of thioether (sulfide) groups is 1. The highest BCUT2D eigenvalue weighted by Gasteiger charge is 2.02. The SMILES string of the molecule is Cc1cccc(SCc2cc(F)cc(C=CC(=O)O)c2)c1. The minimum atomic E-state index is -1.05. The third-order valence-corrected chi connectivity index (χ3v) is 3.86. The van der Waals surface area contributed by atoms with Crippen molar-refractivity contribution < 1.29 is 14.3 Å². The molecule has 0 aliphatic carbocycles. The van der Waals surface area contributed by atoms with Crippen molar-refractivity contribution in [2.45, 2.75) is 17.6 Å². The topological polar surface area (TPSA) is 37.3 Å². The molecule has 0 aliphatic heterocycles. The number of aryl methyl sites for hydroxylation is 1. The van der Waals surface area contributed by atoms with E-state index >= 15 is 0 Å². The van der Waals surface area contributed by atoms with Gasteiger partial charge in [-0.15, -0.1) is 11.8 Å². The number of halogens is 1. The highest BCUT2D eigenvalue weighted by molar-refractivity contribution is 7.98. The van der Waals surface area contributed by atoms with E-state index < -0.39 is 5.97 Å². The molecule has 0 saturated heterocycles. The minimum Gasteiger partial charge on any atom is -0.478 e. The van der Waals surface area contributed by atoms with Gasteiger partial charge in [0.05, 0.1) is 0 Å². The van der Waals surface area contributed by atoms with Gasteiger partial charge in [-0.3, -0.25) is 0 Å². The number of carbonyl (C=O) groups is 1. The van der Waals surface area contributed by atoms with Crippen LogP contribution in [0.3, 0.4) is 0 Å². The van der Waals surface area contributed by atoms with Crippen molar-refractivity contribution in [2.75, 3.05) is 0 Å². The molecule has 1 N–H and O–H groups in total. The normalized spacial score (nSPS) is 11.0. The van der Waals surface area contributed by atoms with Crippen LogP contribution in [0.15, 0.2) is 53.4 Å². The first-order valence-corrected chi connectivity index (χ1v) is 7.41. The van der Waals surface area contributed by atoms with Gasteiger partial charge in [0.25, 0.3) is 0 Å². The van der Waals surface area contributed by atoms with Crippen LogP contribution in [0.4, 0.5) is 4.39 Å². The zero-order valence-electron chi connectivity index (χ0n) is 11.5. The van der Waals surface area contributed by atoms with E-state index in [1.807, 2.05) is 25.1 Å². The van der Waals surface area contributed by atoms with Crippen LogP contribution in [-0.2, 0) is 10.5 Å². The first-order chi connectivity index (χ1) is 10.0. The number of hydrogen-bond donors (Lipinski definition) is 1. The maximum absolute atomic E-state index is 13.6. The Morgan fingerprint density at radius 2 is 2.10 bits per heavy atom. The van der Waals surface area contributed by atoms with Crippen molar-refractivity contribution in [3.05, 3.63) is 71.0 Å². The van der Waals surface area contributed by atoms with E-state index in [9.17, 15) is 9.18 Å². The van der Waals surface area contributed by atoms with Crippen LogP contribution in [0.25, 0.3) is 6.08 Å². The van der Waals surface area contributed by atoms with E-state index in [1.165, 1.54) is 23.8 Å². The lowest BCUT2D eigenvalue weighted by atomic mass is 10.1. The lowest BCUT2D eigenvalue weighted by molar-refractivity contribution is -0.131. The Morgan fingerprint density at radius 1 is 1.29 bits per heavy atom. The second-order valence-corrected chi connectivity index (χ2v) is 5.72. The summed E-state index contributed by atoms with van der Waals surface area (Å²) in [6.07, 6.45) is 2.40. The quantitative estimate of drug-likeness (QED) is 0.651. The highest BCUT2D eigenvalue weighted by Crippen LogP contribution is 2.24. The van der Waals surface area contributed by atoms with Crippen LogP contribution >= 0.6 is 11.8 Å². The molecule has 2 aromatic carbocycles. The summed E-state index contributed by atoms with van der Waals surface area (Å²) in [4.78, 5) is 11.6. The fourth-order valence-corrected chi connectivity index (χ4v) is 2.84. The summed E-state index contributed by atoms with van der Waals surface area (Å²) in [5.74, 6) is -0.771. The molecule has 0 bridgehead atoms. The third kappa shape index (κ3) is 5.08. The fourth-order valence-electron chi connectivity index (χ4n) is 1.89. The molecule has 0 fully saturated rings. The van der Waals surface area contributed by atoms with Crippen LogP contribution < -0.4 is 0 Å². The molecule has 108 valence electrons. The average Bonchev–Trinajstić information content (AvgIpc) is 2.43. The first-order valence-electron chi connectivity index (χ1n) is 6.43. The molecule has 2 rings (SSSR count). The molecule has 0 aromatic heterocycles. The summed E-state index contributed by atoms with van der Waals surface area (Å²) in [7, 11) is 0. The summed E-state index contributed by atoms with van der Waals surface area (Å²) in [6, 6.07) is 12.7. The molecule has 0 heterocycles. The van der Waals surface area contributed by atoms with Gasteiger partial charge in [0.2, 0.25) is 0 Å². The van der Waals surface area contributed by atoms with E-state index in [4.69, 9.17) is 5.11 Å². The Morgan fingerprint density at radius 3 is 2.81 bits per heavy atom. The minimum absolute atomic E-state index is 0.359. The Kier molecular flexibility index (Phi) is 5.17. The number of hydrogen-bond acceptors (Lipinski definition) is 2. The standard InChI is InChI=1S/C17H15FO2S/c1-12-3-2-4-16(7-12)21-11-14-8-13(5-6-17(19)20)9-15(18)10-14/h2-10H,11H2,1H3,(H,19,20). The monoisotopic (exact) mass is 302 g/mol. The van der Waals surface area contributed by atoms with Crippen LogP contribution in [0, 0.1) is 12.7 Å². The van der Waals surface area contributed by atoms with Gasteiger partial charge in [0.1, 0.15) is 5.82 Å². The Balaban J connectivity index is 2.11. The lowest BCUT2D eigenvalue weighted by Gasteiger charge is -2.05. The maximum Gasteiger partial charge on any atom is 0.328 e. The van der Waals surface area contributed by atoms with Crippen molar-refractivity contribution >= 4 is 23.8 Å². The predicted octanol–water partition coefficient (Wildman–Crippen LogP) is 4.52. The molecule has 0 unspecified atom stereocenters. The summed E-state index contributed by atoms with van der Waals surface area (Å²) in [5, 5.41) is 8.61. The van der Waals surface area contributed by atoms with E-state index in [0.717, 1.165) is 16.5 Å². The molecular formula is C17H15FO2S. The molecule has 0 atom stereocenters. The highest BCUT2D eigenvalue weighted by atomic mass is 32.2. The smallest absolute Gasteiger partial charge is 0.328 e. The maximum atomic E-state index is 13.6. The second-order valence-electron chi connectivity index (χ2n) is 4.67. The van der Waals surface area contributed by atoms with E-state index in [1.54, 1.807) is 17.8 Å². The van der Waals surface area contributed by atoms with Crippen LogP contribution in [0.1, 0.15) is 16.7 Å². The predicted molar refractivity (Wildman–Crippen MR) is 83.8 cm³/mol. The van der Waals surface area contributed by atoms with Crippen LogP contribution in [-0.4, -0.2) is 11.1 Å². The van der Waals surface area contributed by atoms with Gasteiger partial charge >= 0.3 is 5.97 Å². The molecule has 21 heavy (non-hydrogen) atoms. The zero-order chi connectivity index (χ0) is 15.2. The van der Waals surface area contributed by atoms with Crippen molar-refractivity contribution in [1.82, 2.24) is 0 Å². The lowest BCUT2D eigenvalue weighted by Crippen LogP contribution is -1.89. The average molecular weight is 302 g/mol. The van der Waals surface area contributed by atoms with Crippen molar-refractivity contribution in [3.8, 4) is 0 Å². The number of carboxylic acid groups (broad SMARTS) is 1. The number of aliphatic carboxylic acids is 1. The zero-order valence-corrected chi connectivity index (χ0v) is 12.4. The van der Waals surface area contributed by atoms with Gasteiger partial charge < -0.3 is 5.11 Å². The molecule has 0 radical (unpaired) electrons. The van der Waals surface area contributed by atoms with Gasteiger partial charge in [0, 0.05) is 16.7 Å². The Hall–Kier alpha value is -2.07. The van der Waals surface area contributed by atoms with Gasteiger partial charge in [-0.25, -0.2) is 9.18 Å². The summed E-state index contributed by atoms with van der Waals surface area (Å²) < 4.78 is 13.6. The van der Waals surface area contributed by atoms with Crippen LogP contribution in [0.2, 0.25) is 0 Å². The van der Waals surface area contributed by atoms with Gasteiger partial charge in [0.15, 0.2) is 0 Å². The van der Waals surface area contributed by atoms with E-state index in [-0.39, 0.29) is 5.82 Å². The van der Waals surface area contributed by atoms with E-state index in [2.05, 4.69) is 6.07 Å². The molecular weight excluding hydrogens is 287 g/mol. The van der Waals surface area contributed by atoms with Crippen molar-refractivity contribution in [2.24, 2.45) is 0 Å². The van der Waals surface area contributed by atoms with Crippen molar-refractivity contribution in [1.29, 1.82) is 0 Å². The fraction of sp³-hybridized carbons (Fsp3) is 0.118. The summed E-state index contributed by atoms with van der Waals surface area (Å²) in [5.41, 5.74) is 2.56. The second kappa shape index (κ2) is 7.09. The van der Waals surface area contributed by atoms with Gasteiger partial charge in [-0.1, -0.05) is 23.8 Å². The van der Waals surface area contributed by atoms with Crippen molar-refractivity contribution in [3.63, 3.8) is 0 Å². The van der Waals surface area contributed by atoms with Crippen LogP contribution in [0.5, 0.6) is 0 Å². The summed E-state index contributed by atoms with van der Waals surface area (Å²) >= 11 is 1.62. The van der Waals surface area contributed by atoms with Gasteiger partial charge in [-0.2, -0.15) is 0 Å². The molecule has 2 nitrogen and oxygen atoms in total. The Labute approximate surface area is 127 Å². The Bertz CT molecular complexity index is 680. The molecule has 4 heteroatoms. The number of benzene rings is 2. The molecule has 0 aliphatic rings. The van der Waals surface area contributed by atoms with E-state index in [0.29, 0.717) is 11.3 Å². The molecule has 0 saturated carbocycles. The number of rotatable bonds is 5. The molecule has 0 spiro atoms.